The molecule has 2 aromatic carbocycles. The number of imidazole rings is 1. The summed E-state index contributed by atoms with van der Waals surface area (Å²) in [4.78, 5) is 29.7. The molecule has 8 nitrogen and oxygen atoms in total. The van der Waals surface area contributed by atoms with E-state index < -0.39 is 6.09 Å². The Morgan fingerprint density at radius 2 is 2.10 bits per heavy atom. The predicted octanol–water partition coefficient (Wildman–Crippen LogP) is 3.03. The summed E-state index contributed by atoms with van der Waals surface area (Å²) in [6.07, 6.45) is 0.0584. The molecule has 9 heteroatoms. The molecule has 1 aromatic heterocycles. The van der Waals surface area contributed by atoms with Gasteiger partial charge in [0, 0.05) is 31.4 Å². The van der Waals surface area contributed by atoms with Crippen molar-refractivity contribution in [1.82, 2.24) is 14.9 Å². The van der Waals surface area contributed by atoms with Gasteiger partial charge in [-0.15, -0.1) is 0 Å². The molecule has 0 atom stereocenters. The van der Waals surface area contributed by atoms with Crippen molar-refractivity contribution in [3.8, 4) is 0 Å². The van der Waals surface area contributed by atoms with Crippen molar-refractivity contribution >= 4 is 34.5 Å². The average molecular weight is 397 g/mol. The van der Waals surface area contributed by atoms with E-state index in [1.807, 2.05) is 11.6 Å². The van der Waals surface area contributed by atoms with Gasteiger partial charge in [-0.25, -0.2) is 19.0 Å². The maximum Gasteiger partial charge on any atom is 0.414 e. The number of fused-ring (bicyclic) bond motifs is 1. The van der Waals surface area contributed by atoms with E-state index >= 15 is 0 Å². The molecular weight excluding hydrogens is 377 g/mol. The van der Waals surface area contributed by atoms with Crippen LogP contribution in [0.5, 0.6) is 0 Å². The first-order chi connectivity index (χ1) is 14.0. The van der Waals surface area contributed by atoms with Gasteiger partial charge in [0.1, 0.15) is 17.9 Å². The number of rotatable bonds is 5. The van der Waals surface area contributed by atoms with Gasteiger partial charge < -0.3 is 19.9 Å². The van der Waals surface area contributed by atoms with Crippen molar-refractivity contribution < 1.29 is 18.7 Å². The molecule has 2 N–H and O–H groups in total. The topological polar surface area (TPSA) is 88.5 Å². The van der Waals surface area contributed by atoms with Crippen molar-refractivity contribution in [3.63, 3.8) is 0 Å². The molecule has 2 heterocycles. The SMILES string of the molecule is Cn1c(CCNC(=O)Nc2cccc(N3CCOC3=O)c2)nc2c(F)cccc21. The number of urea groups is 1. The highest BCUT2D eigenvalue weighted by Crippen LogP contribution is 2.22. The number of carbonyl (C=O) groups is 2. The molecule has 1 fully saturated rings. The van der Waals surface area contributed by atoms with Crippen LogP contribution in [0.15, 0.2) is 42.5 Å². The fraction of sp³-hybridized carbons (Fsp3) is 0.250. The van der Waals surface area contributed by atoms with Crippen molar-refractivity contribution in [3.05, 3.63) is 54.1 Å². The lowest BCUT2D eigenvalue weighted by Gasteiger charge is -2.14. The second kappa shape index (κ2) is 7.78. The van der Waals surface area contributed by atoms with Crippen molar-refractivity contribution in [2.24, 2.45) is 7.05 Å². The van der Waals surface area contributed by atoms with Gasteiger partial charge in [-0.1, -0.05) is 12.1 Å². The number of aromatic nitrogens is 2. The number of cyclic esters (lactones) is 1. The second-order valence-electron chi connectivity index (χ2n) is 6.64. The van der Waals surface area contributed by atoms with Gasteiger partial charge in [0.05, 0.1) is 12.1 Å². The standard InChI is InChI=1S/C20H20FN5O3/c1-25-16-7-3-6-15(21)18(16)24-17(25)8-9-22-19(27)23-13-4-2-5-14(12-13)26-10-11-29-20(26)28/h2-7,12H,8-11H2,1H3,(H2,22,23,27). The molecule has 1 saturated heterocycles. The summed E-state index contributed by atoms with van der Waals surface area (Å²) in [5, 5.41) is 5.50. The van der Waals surface area contributed by atoms with Crippen LogP contribution in [0, 0.1) is 5.82 Å². The summed E-state index contributed by atoms with van der Waals surface area (Å²) >= 11 is 0. The van der Waals surface area contributed by atoms with E-state index in [4.69, 9.17) is 4.74 Å². The van der Waals surface area contributed by atoms with Gasteiger partial charge in [0.25, 0.3) is 0 Å². The van der Waals surface area contributed by atoms with Crippen LogP contribution in [0.25, 0.3) is 11.0 Å². The zero-order valence-corrected chi connectivity index (χ0v) is 15.8. The largest absolute Gasteiger partial charge is 0.447 e. The maximum absolute atomic E-state index is 13.9. The average Bonchev–Trinajstić information content (AvgIpc) is 3.27. The zero-order valence-electron chi connectivity index (χ0n) is 15.8. The van der Waals surface area contributed by atoms with E-state index in [1.165, 1.54) is 11.0 Å². The monoisotopic (exact) mass is 397 g/mol. The number of anilines is 2. The third-order valence-corrected chi connectivity index (χ3v) is 4.77. The van der Waals surface area contributed by atoms with Gasteiger partial charge in [-0.2, -0.15) is 0 Å². The first-order valence-electron chi connectivity index (χ1n) is 9.22. The van der Waals surface area contributed by atoms with E-state index in [0.29, 0.717) is 54.3 Å². The molecule has 0 bridgehead atoms. The Bertz CT molecular complexity index is 1080. The lowest BCUT2D eigenvalue weighted by molar-refractivity contribution is 0.181. The van der Waals surface area contributed by atoms with E-state index in [-0.39, 0.29) is 11.8 Å². The Morgan fingerprint density at radius 1 is 1.28 bits per heavy atom. The van der Waals surface area contributed by atoms with Crippen LogP contribution in [0.2, 0.25) is 0 Å². The molecule has 0 saturated carbocycles. The van der Waals surface area contributed by atoms with Crippen LogP contribution in [0.4, 0.5) is 25.4 Å². The fourth-order valence-corrected chi connectivity index (χ4v) is 3.29. The van der Waals surface area contributed by atoms with Crippen LogP contribution in [-0.2, 0) is 18.2 Å². The number of ether oxygens (including phenoxy) is 1. The number of amides is 3. The molecule has 0 radical (unpaired) electrons. The Labute approximate surface area is 166 Å². The highest BCUT2D eigenvalue weighted by molar-refractivity contribution is 5.93. The van der Waals surface area contributed by atoms with Crippen LogP contribution >= 0.6 is 0 Å². The third-order valence-electron chi connectivity index (χ3n) is 4.77. The Morgan fingerprint density at radius 3 is 2.86 bits per heavy atom. The van der Waals surface area contributed by atoms with E-state index in [1.54, 1.807) is 36.4 Å². The Hall–Kier alpha value is -3.62. The molecule has 1 aliphatic heterocycles. The number of halogens is 1. The number of hydrogen-bond acceptors (Lipinski definition) is 4. The van der Waals surface area contributed by atoms with E-state index in [2.05, 4.69) is 15.6 Å². The lowest BCUT2D eigenvalue weighted by Crippen LogP contribution is -2.31. The van der Waals surface area contributed by atoms with E-state index in [9.17, 15) is 14.0 Å². The minimum atomic E-state index is -0.398. The predicted molar refractivity (Wildman–Crippen MR) is 107 cm³/mol. The quantitative estimate of drug-likeness (QED) is 0.693. The molecule has 3 amide bonds. The molecule has 1 aliphatic rings. The minimum absolute atomic E-state index is 0.326. The van der Waals surface area contributed by atoms with Crippen LogP contribution in [0.1, 0.15) is 5.82 Å². The fourth-order valence-electron chi connectivity index (χ4n) is 3.29. The molecule has 0 aliphatic carbocycles. The van der Waals surface area contributed by atoms with Crippen LogP contribution < -0.4 is 15.5 Å². The molecule has 4 rings (SSSR count). The number of hydrogen-bond donors (Lipinski definition) is 2. The highest BCUT2D eigenvalue weighted by Gasteiger charge is 2.23. The van der Waals surface area contributed by atoms with Gasteiger partial charge in [-0.3, -0.25) is 4.90 Å². The summed E-state index contributed by atoms with van der Waals surface area (Å²) in [5.74, 6) is 0.316. The van der Waals surface area contributed by atoms with E-state index in [0.717, 1.165) is 0 Å². The molecule has 3 aromatic rings. The van der Waals surface area contributed by atoms with Crippen molar-refractivity contribution in [2.45, 2.75) is 6.42 Å². The second-order valence-corrected chi connectivity index (χ2v) is 6.64. The molecule has 29 heavy (non-hydrogen) atoms. The molecule has 0 spiro atoms. The van der Waals surface area contributed by atoms with Crippen LogP contribution in [0.3, 0.4) is 0 Å². The minimum Gasteiger partial charge on any atom is -0.447 e. The third kappa shape index (κ3) is 3.84. The Balaban J connectivity index is 1.35. The maximum atomic E-state index is 13.9. The lowest BCUT2D eigenvalue weighted by atomic mass is 10.2. The normalized spacial score (nSPS) is 13.6. The molecular formula is C20H20FN5O3. The summed E-state index contributed by atoms with van der Waals surface area (Å²) in [6.45, 7) is 1.17. The summed E-state index contributed by atoms with van der Waals surface area (Å²) in [7, 11) is 1.82. The number of para-hydroxylation sites is 1. The van der Waals surface area contributed by atoms with Gasteiger partial charge >= 0.3 is 12.1 Å². The number of aryl methyl sites for hydroxylation is 1. The van der Waals surface area contributed by atoms with Crippen molar-refractivity contribution in [1.29, 1.82) is 0 Å². The number of nitrogens with zero attached hydrogens (tertiary/aromatic N) is 3. The van der Waals surface area contributed by atoms with Gasteiger partial charge in [-0.05, 0) is 30.3 Å². The summed E-state index contributed by atoms with van der Waals surface area (Å²) in [5.41, 5.74) is 2.25. The first kappa shape index (κ1) is 18.7. The Kier molecular flexibility index (Phi) is 5.03. The number of nitrogens with one attached hydrogen (secondary N) is 2. The number of benzene rings is 2. The smallest absolute Gasteiger partial charge is 0.414 e. The molecule has 150 valence electrons. The van der Waals surface area contributed by atoms with Crippen molar-refractivity contribution in [2.75, 3.05) is 29.9 Å². The van der Waals surface area contributed by atoms with Gasteiger partial charge in [0.2, 0.25) is 0 Å². The number of carbonyl (C=O) groups excluding carboxylic acids is 2. The molecule has 0 unspecified atom stereocenters. The van der Waals surface area contributed by atoms with Crippen LogP contribution in [-0.4, -0.2) is 41.4 Å². The first-order valence-corrected chi connectivity index (χ1v) is 9.22. The summed E-state index contributed by atoms with van der Waals surface area (Å²) in [6, 6.07) is 11.4. The summed E-state index contributed by atoms with van der Waals surface area (Å²) < 4.78 is 20.6. The highest BCUT2D eigenvalue weighted by atomic mass is 19.1. The zero-order chi connectivity index (χ0) is 20.4. The van der Waals surface area contributed by atoms with Gasteiger partial charge in [0.15, 0.2) is 5.82 Å².